The molecule has 1 aliphatic heterocycles. The van der Waals surface area contributed by atoms with Gasteiger partial charge in [0.2, 0.25) is 0 Å². The first-order valence-electron chi connectivity index (χ1n) is 4.06. The molecule has 0 amide bonds. The van der Waals surface area contributed by atoms with Gasteiger partial charge in [-0.05, 0) is 12.1 Å². The lowest BCUT2D eigenvalue weighted by molar-refractivity contribution is -0.144. The van der Waals surface area contributed by atoms with Crippen LogP contribution in [0.2, 0.25) is 0 Å². The summed E-state index contributed by atoms with van der Waals surface area (Å²) in [5.41, 5.74) is 6.37. The van der Waals surface area contributed by atoms with E-state index in [0.29, 0.717) is 11.3 Å². The molecule has 4 nitrogen and oxygen atoms in total. The number of hydrogen-bond donors (Lipinski definition) is 2. The van der Waals surface area contributed by atoms with Gasteiger partial charge >= 0.3 is 5.97 Å². The van der Waals surface area contributed by atoms with Crippen LogP contribution in [0.3, 0.4) is 0 Å². The third kappa shape index (κ3) is 1.17. The fourth-order valence-electron chi connectivity index (χ4n) is 1.46. The first-order valence-corrected chi connectivity index (χ1v) is 4.06. The number of carbonyl (C=O) groups is 1. The molecule has 1 aromatic carbocycles. The zero-order valence-corrected chi connectivity index (χ0v) is 7.16. The fourth-order valence-corrected chi connectivity index (χ4v) is 1.46. The topological polar surface area (TPSA) is 72.6 Å². The van der Waals surface area contributed by atoms with Crippen LogP contribution >= 0.6 is 0 Å². The molecule has 0 spiro atoms. The van der Waals surface area contributed by atoms with Crippen molar-refractivity contribution < 1.29 is 19.0 Å². The van der Waals surface area contributed by atoms with Crippen LogP contribution in [0.4, 0.5) is 10.1 Å². The molecule has 14 heavy (non-hydrogen) atoms. The highest BCUT2D eigenvalue weighted by atomic mass is 19.1. The van der Waals surface area contributed by atoms with E-state index in [9.17, 15) is 9.18 Å². The molecule has 74 valence electrons. The summed E-state index contributed by atoms with van der Waals surface area (Å²) in [5, 5.41) is 8.68. The minimum Gasteiger partial charge on any atom is -0.478 e. The SMILES string of the molecule is Nc1ccc(F)c2c1CC(C(=O)O)O2. The second kappa shape index (κ2) is 2.87. The average molecular weight is 197 g/mol. The number of nitrogen functional groups attached to an aromatic ring is 1. The average Bonchev–Trinajstić information content (AvgIpc) is 2.57. The molecule has 1 unspecified atom stereocenters. The molecule has 0 bridgehead atoms. The molecule has 1 aliphatic rings. The second-order valence-corrected chi connectivity index (χ2v) is 3.09. The molecular weight excluding hydrogens is 189 g/mol. The zero-order valence-electron chi connectivity index (χ0n) is 7.16. The maximum atomic E-state index is 13.1. The van der Waals surface area contributed by atoms with E-state index in [2.05, 4.69) is 0 Å². The van der Waals surface area contributed by atoms with Crippen molar-refractivity contribution in [2.45, 2.75) is 12.5 Å². The summed E-state index contributed by atoms with van der Waals surface area (Å²) in [6.45, 7) is 0. The Bertz CT molecular complexity index is 374. The van der Waals surface area contributed by atoms with Crippen molar-refractivity contribution in [1.29, 1.82) is 0 Å². The maximum absolute atomic E-state index is 13.1. The lowest BCUT2D eigenvalue weighted by Crippen LogP contribution is -2.24. The van der Waals surface area contributed by atoms with Gasteiger partial charge < -0.3 is 15.6 Å². The number of ether oxygens (including phenoxy) is 1. The van der Waals surface area contributed by atoms with Gasteiger partial charge in [-0.3, -0.25) is 0 Å². The summed E-state index contributed by atoms with van der Waals surface area (Å²) in [6, 6.07) is 2.57. The summed E-state index contributed by atoms with van der Waals surface area (Å²) in [4.78, 5) is 10.6. The molecular formula is C9H8FNO3. The Morgan fingerprint density at radius 2 is 2.36 bits per heavy atom. The zero-order chi connectivity index (χ0) is 10.3. The Kier molecular flexibility index (Phi) is 1.80. The van der Waals surface area contributed by atoms with Gasteiger partial charge in [0.1, 0.15) is 0 Å². The second-order valence-electron chi connectivity index (χ2n) is 3.09. The largest absolute Gasteiger partial charge is 0.478 e. The lowest BCUT2D eigenvalue weighted by Gasteiger charge is -2.04. The third-order valence-corrected chi connectivity index (χ3v) is 2.17. The molecule has 3 N–H and O–H groups in total. The highest BCUT2D eigenvalue weighted by molar-refractivity contribution is 5.76. The Hall–Kier alpha value is -1.78. The predicted octanol–water partition coefficient (Wildman–Crippen LogP) is 0.796. The quantitative estimate of drug-likeness (QED) is 0.653. The number of nitrogens with two attached hydrogens (primary N) is 1. The normalized spacial score (nSPS) is 18.8. The highest BCUT2D eigenvalue weighted by Crippen LogP contribution is 2.35. The first kappa shape index (κ1) is 8.80. The molecule has 5 heteroatoms. The highest BCUT2D eigenvalue weighted by Gasteiger charge is 2.32. The van der Waals surface area contributed by atoms with Crippen LogP contribution in [0, 0.1) is 5.82 Å². The summed E-state index contributed by atoms with van der Waals surface area (Å²) >= 11 is 0. The van der Waals surface area contributed by atoms with Gasteiger partial charge in [0, 0.05) is 17.7 Å². The smallest absolute Gasteiger partial charge is 0.345 e. The molecule has 0 aliphatic carbocycles. The monoisotopic (exact) mass is 197 g/mol. The number of halogens is 1. The van der Waals surface area contributed by atoms with Crippen molar-refractivity contribution >= 4 is 11.7 Å². The predicted molar refractivity (Wildman–Crippen MR) is 46.6 cm³/mol. The van der Waals surface area contributed by atoms with Gasteiger partial charge in [0.25, 0.3) is 0 Å². The summed E-state index contributed by atoms with van der Waals surface area (Å²) in [7, 11) is 0. The van der Waals surface area contributed by atoms with Crippen LogP contribution < -0.4 is 10.5 Å². The van der Waals surface area contributed by atoms with Crippen molar-refractivity contribution in [3.63, 3.8) is 0 Å². The molecule has 2 rings (SSSR count). The lowest BCUT2D eigenvalue weighted by atomic mass is 10.1. The molecule has 0 fully saturated rings. The van der Waals surface area contributed by atoms with Crippen molar-refractivity contribution in [1.82, 2.24) is 0 Å². The number of carboxylic acids is 1. The van der Waals surface area contributed by atoms with E-state index in [4.69, 9.17) is 15.6 Å². The fraction of sp³-hybridized carbons (Fsp3) is 0.222. The number of carboxylic acid groups (broad SMARTS) is 1. The van der Waals surface area contributed by atoms with Crippen LogP contribution in [0.5, 0.6) is 5.75 Å². The number of anilines is 1. The van der Waals surface area contributed by atoms with Gasteiger partial charge in [-0.1, -0.05) is 0 Å². The Morgan fingerprint density at radius 3 is 2.93 bits per heavy atom. The number of fused-ring (bicyclic) bond motifs is 1. The van der Waals surface area contributed by atoms with Crippen molar-refractivity contribution in [2.75, 3.05) is 5.73 Å². The maximum Gasteiger partial charge on any atom is 0.345 e. The van der Waals surface area contributed by atoms with Crippen LogP contribution in [0.25, 0.3) is 0 Å². The minimum absolute atomic E-state index is 0.0302. The van der Waals surface area contributed by atoms with Gasteiger partial charge in [0.15, 0.2) is 17.7 Å². The van der Waals surface area contributed by atoms with Gasteiger partial charge in [-0.25, -0.2) is 9.18 Å². The van der Waals surface area contributed by atoms with E-state index in [1.54, 1.807) is 0 Å². The van der Waals surface area contributed by atoms with Crippen LogP contribution in [0.15, 0.2) is 12.1 Å². The van der Waals surface area contributed by atoms with E-state index < -0.39 is 17.9 Å². The van der Waals surface area contributed by atoms with E-state index >= 15 is 0 Å². The molecule has 1 heterocycles. The van der Waals surface area contributed by atoms with E-state index in [-0.39, 0.29) is 12.2 Å². The van der Waals surface area contributed by atoms with Gasteiger partial charge in [-0.15, -0.1) is 0 Å². The Balaban J connectivity index is 2.43. The number of rotatable bonds is 1. The number of hydrogen-bond acceptors (Lipinski definition) is 3. The molecule has 1 atom stereocenters. The van der Waals surface area contributed by atoms with E-state index in [1.807, 2.05) is 0 Å². The molecule has 0 saturated heterocycles. The first-order chi connectivity index (χ1) is 6.59. The van der Waals surface area contributed by atoms with Crippen molar-refractivity contribution in [2.24, 2.45) is 0 Å². The van der Waals surface area contributed by atoms with Crippen molar-refractivity contribution in [3.05, 3.63) is 23.5 Å². The summed E-state index contributed by atoms with van der Waals surface area (Å²) in [5.74, 6) is -1.71. The minimum atomic E-state index is -1.11. The van der Waals surface area contributed by atoms with Gasteiger partial charge in [0.05, 0.1) is 0 Å². The molecule has 0 saturated carbocycles. The molecule has 1 aromatic rings. The number of aliphatic carboxylic acids is 1. The Labute approximate surface area is 79.1 Å². The van der Waals surface area contributed by atoms with Gasteiger partial charge in [-0.2, -0.15) is 0 Å². The molecule has 0 radical (unpaired) electrons. The van der Waals surface area contributed by atoms with Crippen LogP contribution in [0.1, 0.15) is 5.56 Å². The van der Waals surface area contributed by atoms with E-state index in [1.165, 1.54) is 12.1 Å². The van der Waals surface area contributed by atoms with Crippen LogP contribution in [-0.2, 0) is 11.2 Å². The summed E-state index contributed by atoms with van der Waals surface area (Å²) in [6.07, 6.45) is -0.905. The van der Waals surface area contributed by atoms with E-state index in [0.717, 1.165) is 0 Å². The summed E-state index contributed by atoms with van der Waals surface area (Å²) < 4.78 is 18.1. The number of benzene rings is 1. The third-order valence-electron chi connectivity index (χ3n) is 2.17. The molecule has 0 aromatic heterocycles. The van der Waals surface area contributed by atoms with Crippen molar-refractivity contribution in [3.8, 4) is 5.75 Å². The standard InChI is InChI=1S/C9H8FNO3/c10-5-1-2-6(11)4-3-7(9(12)13)14-8(4)5/h1-2,7H,3,11H2,(H,12,13). The Morgan fingerprint density at radius 1 is 1.64 bits per heavy atom. The van der Waals surface area contributed by atoms with Crippen LogP contribution in [-0.4, -0.2) is 17.2 Å².